The van der Waals surface area contributed by atoms with Crippen molar-refractivity contribution in [2.24, 2.45) is 0 Å². The van der Waals surface area contributed by atoms with Crippen molar-refractivity contribution >= 4 is 10.0 Å². The lowest BCUT2D eigenvalue weighted by Crippen LogP contribution is -2.28. The molecule has 1 fully saturated rings. The van der Waals surface area contributed by atoms with Gasteiger partial charge in [-0.05, 0) is 49.2 Å². The van der Waals surface area contributed by atoms with Gasteiger partial charge in [0.2, 0.25) is 10.0 Å². The smallest absolute Gasteiger partial charge is 0.243 e. The van der Waals surface area contributed by atoms with Gasteiger partial charge in [0.15, 0.2) is 0 Å². The molecule has 3 rings (SSSR count). The molecule has 1 saturated heterocycles. The fraction of sp³-hybridized carbons (Fsp3) is 0.333. The van der Waals surface area contributed by atoms with E-state index in [1.54, 1.807) is 19.3 Å². The summed E-state index contributed by atoms with van der Waals surface area (Å²) in [6.07, 6.45) is 2.32. The molecule has 1 aromatic heterocycles. The number of hydrogen-bond acceptors (Lipinski definition) is 3. The summed E-state index contributed by atoms with van der Waals surface area (Å²) in [7, 11) is -3.58. The minimum atomic E-state index is -3.58. The van der Waals surface area contributed by atoms with Crippen LogP contribution in [0.1, 0.15) is 23.7 Å². The van der Waals surface area contributed by atoms with E-state index < -0.39 is 15.8 Å². The summed E-state index contributed by atoms with van der Waals surface area (Å²) < 4.78 is 45.2. The largest absolute Gasteiger partial charge is 0.469 e. The highest BCUT2D eigenvalue weighted by Crippen LogP contribution is 2.31. The van der Waals surface area contributed by atoms with Gasteiger partial charge in [0, 0.05) is 19.0 Å². The van der Waals surface area contributed by atoms with Gasteiger partial charge in [0.05, 0.1) is 11.2 Å². The molecule has 112 valence electrons. The zero-order chi connectivity index (χ0) is 15.0. The van der Waals surface area contributed by atoms with Gasteiger partial charge in [0.25, 0.3) is 0 Å². The lowest BCUT2D eigenvalue weighted by atomic mass is 10.1. The Kier molecular flexibility index (Phi) is 3.59. The van der Waals surface area contributed by atoms with Crippen molar-refractivity contribution in [3.63, 3.8) is 0 Å². The lowest BCUT2D eigenvalue weighted by molar-refractivity contribution is 0.445. The molecule has 0 radical (unpaired) electrons. The topological polar surface area (TPSA) is 50.5 Å². The number of halogens is 1. The average Bonchev–Trinajstić information content (AvgIpc) is 3.11. The summed E-state index contributed by atoms with van der Waals surface area (Å²) in [5, 5.41) is 0. The van der Waals surface area contributed by atoms with Crippen molar-refractivity contribution in [1.82, 2.24) is 4.31 Å². The Balaban J connectivity index is 1.84. The van der Waals surface area contributed by atoms with Crippen LogP contribution in [0.15, 0.2) is 45.9 Å². The van der Waals surface area contributed by atoms with Crippen LogP contribution < -0.4 is 0 Å². The van der Waals surface area contributed by atoms with E-state index in [0.29, 0.717) is 18.7 Å². The average molecular weight is 309 g/mol. The molecule has 2 heterocycles. The SMILES string of the molecule is Cc1cc(S(=O)(=O)N2CCC(c3ccco3)C2)ccc1F. The second-order valence-electron chi connectivity index (χ2n) is 5.28. The first-order valence-electron chi connectivity index (χ1n) is 6.78. The first kappa shape index (κ1) is 14.3. The molecule has 0 bridgehead atoms. The van der Waals surface area contributed by atoms with Crippen LogP contribution in [0.25, 0.3) is 0 Å². The summed E-state index contributed by atoms with van der Waals surface area (Å²) in [5.74, 6) is 0.489. The number of nitrogens with zero attached hydrogens (tertiary/aromatic N) is 1. The van der Waals surface area contributed by atoms with E-state index in [9.17, 15) is 12.8 Å². The Hall–Kier alpha value is -1.66. The third-order valence-corrected chi connectivity index (χ3v) is 5.72. The summed E-state index contributed by atoms with van der Waals surface area (Å²) in [5.41, 5.74) is 0.331. The first-order chi connectivity index (χ1) is 9.98. The van der Waals surface area contributed by atoms with E-state index in [1.807, 2.05) is 6.07 Å². The first-order valence-corrected chi connectivity index (χ1v) is 8.22. The molecule has 1 aromatic carbocycles. The quantitative estimate of drug-likeness (QED) is 0.876. The van der Waals surface area contributed by atoms with Gasteiger partial charge in [-0.2, -0.15) is 4.31 Å². The second-order valence-corrected chi connectivity index (χ2v) is 7.21. The molecule has 0 spiro atoms. The van der Waals surface area contributed by atoms with Gasteiger partial charge in [0.1, 0.15) is 11.6 Å². The zero-order valence-electron chi connectivity index (χ0n) is 11.6. The molecule has 1 aliphatic rings. The van der Waals surface area contributed by atoms with Crippen molar-refractivity contribution < 1.29 is 17.2 Å². The lowest BCUT2D eigenvalue weighted by Gasteiger charge is -2.16. The Morgan fingerprint density at radius 2 is 2.14 bits per heavy atom. The van der Waals surface area contributed by atoms with Crippen LogP contribution in [0, 0.1) is 12.7 Å². The highest BCUT2D eigenvalue weighted by molar-refractivity contribution is 7.89. The molecule has 0 saturated carbocycles. The molecule has 0 N–H and O–H groups in total. The van der Waals surface area contributed by atoms with Gasteiger partial charge in [-0.1, -0.05) is 0 Å². The molecular weight excluding hydrogens is 293 g/mol. The highest BCUT2D eigenvalue weighted by Gasteiger charge is 2.34. The zero-order valence-corrected chi connectivity index (χ0v) is 12.4. The Morgan fingerprint density at radius 3 is 2.81 bits per heavy atom. The van der Waals surface area contributed by atoms with Crippen molar-refractivity contribution in [2.45, 2.75) is 24.2 Å². The highest BCUT2D eigenvalue weighted by atomic mass is 32.2. The predicted molar refractivity (Wildman–Crippen MR) is 76.0 cm³/mol. The fourth-order valence-corrected chi connectivity index (χ4v) is 4.21. The summed E-state index contributed by atoms with van der Waals surface area (Å²) in [4.78, 5) is 0.140. The number of aryl methyl sites for hydroxylation is 1. The maximum absolute atomic E-state index is 13.3. The molecule has 21 heavy (non-hydrogen) atoms. The van der Waals surface area contributed by atoms with E-state index >= 15 is 0 Å². The van der Waals surface area contributed by atoms with Crippen LogP contribution in [-0.4, -0.2) is 25.8 Å². The van der Waals surface area contributed by atoms with E-state index in [1.165, 1.54) is 22.5 Å². The molecule has 1 atom stereocenters. The van der Waals surface area contributed by atoms with Crippen LogP contribution in [0.3, 0.4) is 0 Å². The van der Waals surface area contributed by atoms with Gasteiger partial charge >= 0.3 is 0 Å². The number of furan rings is 1. The summed E-state index contributed by atoms with van der Waals surface area (Å²) in [6.45, 7) is 2.40. The molecular formula is C15H16FNO3S. The van der Waals surface area contributed by atoms with Crippen LogP contribution in [0.5, 0.6) is 0 Å². The normalized spacial score (nSPS) is 20.0. The maximum Gasteiger partial charge on any atom is 0.243 e. The van der Waals surface area contributed by atoms with Gasteiger partial charge < -0.3 is 4.42 Å². The molecule has 2 aromatic rings. The number of hydrogen-bond donors (Lipinski definition) is 0. The minimum absolute atomic E-state index is 0.0799. The van der Waals surface area contributed by atoms with Gasteiger partial charge in [-0.15, -0.1) is 0 Å². The number of rotatable bonds is 3. The van der Waals surface area contributed by atoms with Crippen molar-refractivity contribution in [3.8, 4) is 0 Å². The van der Waals surface area contributed by atoms with Crippen LogP contribution in [0.2, 0.25) is 0 Å². The van der Waals surface area contributed by atoms with E-state index in [4.69, 9.17) is 4.42 Å². The van der Waals surface area contributed by atoms with E-state index in [0.717, 1.165) is 12.2 Å². The minimum Gasteiger partial charge on any atom is -0.469 e. The van der Waals surface area contributed by atoms with Crippen molar-refractivity contribution in [1.29, 1.82) is 0 Å². The molecule has 6 heteroatoms. The van der Waals surface area contributed by atoms with Gasteiger partial charge in [-0.25, -0.2) is 12.8 Å². The maximum atomic E-state index is 13.3. The molecule has 0 amide bonds. The molecule has 0 aliphatic carbocycles. The number of benzene rings is 1. The van der Waals surface area contributed by atoms with Crippen LogP contribution in [0.4, 0.5) is 4.39 Å². The molecule has 1 unspecified atom stereocenters. The monoisotopic (exact) mass is 309 g/mol. The fourth-order valence-electron chi connectivity index (χ4n) is 2.63. The predicted octanol–water partition coefficient (Wildman–Crippen LogP) is 2.91. The van der Waals surface area contributed by atoms with Crippen molar-refractivity contribution in [3.05, 3.63) is 53.7 Å². The second kappa shape index (κ2) is 5.27. The third-order valence-electron chi connectivity index (χ3n) is 3.86. The standard InChI is InChI=1S/C15H16FNO3S/c1-11-9-13(4-5-14(11)16)21(18,19)17-7-6-12(10-17)15-3-2-8-20-15/h2-5,8-9,12H,6-7,10H2,1H3. The molecule has 1 aliphatic heterocycles. The Bertz CT molecular complexity index is 740. The van der Waals surface area contributed by atoms with Crippen LogP contribution in [-0.2, 0) is 10.0 Å². The Labute approximate surface area is 123 Å². The Morgan fingerprint density at radius 1 is 1.33 bits per heavy atom. The van der Waals surface area contributed by atoms with Crippen molar-refractivity contribution in [2.75, 3.05) is 13.1 Å². The summed E-state index contributed by atoms with van der Waals surface area (Å²) in [6, 6.07) is 7.56. The van der Waals surface area contributed by atoms with E-state index in [-0.39, 0.29) is 10.8 Å². The summed E-state index contributed by atoms with van der Waals surface area (Å²) >= 11 is 0. The van der Waals surface area contributed by atoms with Gasteiger partial charge in [-0.3, -0.25) is 0 Å². The molecule has 4 nitrogen and oxygen atoms in total. The van der Waals surface area contributed by atoms with E-state index in [2.05, 4.69) is 0 Å². The van der Waals surface area contributed by atoms with Crippen LogP contribution >= 0.6 is 0 Å². The third kappa shape index (κ3) is 2.61. The number of sulfonamides is 1.